The fourth-order valence-electron chi connectivity index (χ4n) is 2.93. The van der Waals surface area contributed by atoms with Crippen LogP contribution < -0.4 is 10.1 Å². The van der Waals surface area contributed by atoms with Gasteiger partial charge in [-0.3, -0.25) is 4.79 Å². The molecule has 0 saturated heterocycles. The third-order valence-electron chi connectivity index (χ3n) is 4.56. The normalized spacial score (nSPS) is 11.9. The minimum Gasteiger partial charge on any atom is -0.481 e. The summed E-state index contributed by atoms with van der Waals surface area (Å²) in [5.74, 6) is 0.480. The number of ether oxygens (including phenoxy) is 1. The molecule has 2 aromatic carbocycles. The van der Waals surface area contributed by atoms with Crippen LogP contribution in [0.1, 0.15) is 19.4 Å². The number of nitrogens with zero attached hydrogens (tertiary/aromatic N) is 2. The number of hydrogen-bond acceptors (Lipinski definition) is 5. The molecule has 1 atom stereocenters. The molecule has 29 heavy (non-hydrogen) atoms. The Hall–Kier alpha value is -3.25. The number of carbonyl (C=O) groups is 1. The van der Waals surface area contributed by atoms with Gasteiger partial charge in [-0.2, -0.15) is 0 Å². The van der Waals surface area contributed by atoms with Gasteiger partial charge in [0.15, 0.2) is 6.10 Å². The number of hydrogen-bond donors (Lipinski definition) is 1. The first-order chi connectivity index (χ1) is 14.1. The minimum absolute atomic E-state index is 0.201. The van der Waals surface area contributed by atoms with Crippen molar-refractivity contribution in [2.45, 2.75) is 26.4 Å². The molecule has 0 fully saturated rings. The number of anilines is 1. The van der Waals surface area contributed by atoms with E-state index in [4.69, 9.17) is 4.74 Å². The molecule has 1 N–H and O–H groups in total. The zero-order valence-corrected chi connectivity index (χ0v) is 17.1. The largest absolute Gasteiger partial charge is 0.481 e. The Labute approximate surface area is 173 Å². The van der Waals surface area contributed by atoms with Crippen LogP contribution in [0.2, 0.25) is 0 Å². The van der Waals surface area contributed by atoms with Crippen molar-refractivity contribution < 1.29 is 9.53 Å². The van der Waals surface area contributed by atoms with Crippen molar-refractivity contribution >= 4 is 33.3 Å². The third-order valence-corrected chi connectivity index (χ3v) is 5.59. The van der Waals surface area contributed by atoms with E-state index in [1.807, 2.05) is 60.7 Å². The van der Waals surface area contributed by atoms with E-state index >= 15 is 0 Å². The SMILES string of the molecule is CCc1ccc(OC(C)C(=O)Nc2cccc(-c3nc4cccnc4s3)c2)cc1. The molecule has 0 spiro atoms. The molecule has 2 aromatic heterocycles. The van der Waals surface area contributed by atoms with Crippen molar-refractivity contribution in [1.29, 1.82) is 0 Å². The summed E-state index contributed by atoms with van der Waals surface area (Å²) in [4.78, 5) is 22.4. The van der Waals surface area contributed by atoms with Gasteiger partial charge in [0.25, 0.3) is 5.91 Å². The van der Waals surface area contributed by atoms with E-state index in [2.05, 4.69) is 22.2 Å². The molecule has 0 saturated carbocycles. The molecular weight excluding hydrogens is 382 g/mol. The van der Waals surface area contributed by atoms with Crippen LogP contribution in [0.5, 0.6) is 5.75 Å². The lowest BCUT2D eigenvalue weighted by Crippen LogP contribution is -2.30. The van der Waals surface area contributed by atoms with Gasteiger partial charge >= 0.3 is 0 Å². The van der Waals surface area contributed by atoms with Crippen LogP contribution in [0, 0.1) is 0 Å². The molecule has 0 bridgehead atoms. The molecule has 5 nitrogen and oxygen atoms in total. The zero-order valence-electron chi connectivity index (χ0n) is 16.3. The van der Waals surface area contributed by atoms with Crippen molar-refractivity contribution in [1.82, 2.24) is 9.97 Å². The number of benzene rings is 2. The van der Waals surface area contributed by atoms with Crippen molar-refractivity contribution in [2.24, 2.45) is 0 Å². The molecule has 0 radical (unpaired) electrons. The third kappa shape index (κ3) is 4.43. The summed E-state index contributed by atoms with van der Waals surface area (Å²) in [6.07, 6.45) is 2.12. The number of rotatable bonds is 6. The Morgan fingerprint density at radius 3 is 2.72 bits per heavy atom. The van der Waals surface area contributed by atoms with Crippen molar-refractivity contribution in [3.8, 4) is 16.3 Å². The molecule has 0 aliphatic carbocycles. The summed E-state index contributed by atoms with van der Waals surface area (Å²) in [7, 11) is 0. The van der Waals surface area contributed by atoms with Crippen LogP contribution in [-0.4, -0.2) is 22.0 Å². The lowest BCUT2D eigenvalue weighted by molar-refractivity contribution is -0.122. The average Bonchev–Trinajstić information content (AvgIpc) is 3.19. The van der Waals surface area contributed by atoms with Crippen LogP contribution >= 0.6 is 11.3 Å². The van der Waals surface area contributed by atoms with Gasteiger partial charge in [-0.1, -0.05) is 42.5 Å². The predicted octanol–water partition coefficient (Wildman–Crippen LogP) is 5.33. The van der Waals surface area contributed by atoms with E-state index in [1.165, 1.54) is 16.9 Å². The number of aryl methyl sites for hydroxylation is 1. The first kappa shape index (κ1) is 19.1. The van der Waals surface area contributed by atoms with Crippen molar-refractivity contribution in [3.05, 3.63) is 72.4 Å². The maximum atomic E-state index is 12.6. The number of nitrogens with one attached hydrogen (secondary N) is 1. The van der Waals surface area contributed by atoms with Gasteiger partial charge in [-0.05, 0) is 55.3 Å². The number of fused-ring (bicyclic) bond motifs is 1. The van der Waals surface area contributed by atoms with Gasteiger partial charge in [-0.15, -0.1) is 0 Å². The second kappa shape index (κ2) is 8.41. The summed E-state index contributed by atoms with van der Waals surface area (Å²) in [5.41, 5.74) is 3.75. The molecule has 1 unspecified atom stereocenters. The molecule has 0 aliphatic heterocycles. The predicted molar refractivity (Wildman–Crippen MR) is 117 cm³/mol. The van der Waals surface area contributed by atoms with Gasteiger partial charge in [0.1, 0.15) is 21.1 Å². The van der Waals surface area contributed by atoms with Gasteiger partial charge in [0, 0.05) is 17.4 Å². The van der Waals surface area contributed by atoms with Crippen LogP contribution in [0.25, 0.3) is 20.9 Å². The molecular formula is C23H21N3O2S. The Morgan fingerprint density at radius 2 is 1.97 bits per heavy atom. The topological polar surface area (TPSA) is 64.1 Å². The molecule has 146 valence electrons. The van der Waals surface area contributed by atoms with Crippen LogP contribution in [0.4, 0.5) is 5.69 Å². The van der Waals surface area contributed by atoms with E-state index < -0.39 is 6.10 Å². The first-order valence-electron chi connectivity index (χ1n) is 9.51. The maximum absolute atomic E-state index is 12.6. The van der Waals surface area contributed by atoms with E-state index in [-0.39, 0.29) is 5.91 Å². The Bertz CT molecular complexity index is 1110. The highest BCUT2D eigenvalue weighted by Gasteiger charge is 2.15. The van der Waals surface area contributed by atoms with Crippen LogP contribution in [0.3, 0.4) is 0 Å². The van der Waals surface area contributed by atoms with Gasteiger partial charge in [0.05, 0.1) is 0 Å². The van der Waals surface area contributed by atoms with Gasteiger partial charge < -0.3 is 10.1 Å². The lowest BCUT2D eigenvalue weighted by atomic mass is 10.2. The average molecular weight is 404 g/mol. The number of amides is 1. The molecule has 0 aliphatic rings. The number of aromatic nitrogens is 2. The maximum Gasteiger partial charge on any atom is 0.265 e. The second-order valence-corrected chi connectivity index (χ2v) is 7.65. The van der Waals surface area contributed by atoms with Crippen LogP contribution in [-0.2, 0) is 11.2 Å². The Kier molecular flexibility index (Phi) is 5.53. The van der Waals surface area contributed by atoms with Crippen molar-refractivity contribution in [3.63, 3.8) is 0 Å². The standard InChI is InChI=1S/C23H21N3O2S/c1-3-16-9-11-19(12-10-16)28-15(2)21(27)25-18-7-4-6-17(14-18)22-26-20-8-5-13-24-23(20)29-22/h4-15H,3H2,1-2H3,(H,25,27). The van der Waals surface area contributed by atoms with Gasteiger partial charge in [-0.25, -0.2) is 9.97 Å². The summed E-state index contributed by atoms with van der Waals surface area (Å²) in [6.45, 7) is 3.84. The molecule has 2 heterocycles. The smallest absolute Gasteiger partial charge is 0.265 e. The summed E-state index contributed by atoms with van der Waals surface area (Å²) >= 11 is 1.53. The fourth-order valence-corrected chi connectivity index (χ4v) is 3.83. The highest BCUT2D eigenvalue weighted by atomic mass is 32.1. The minimum atomic E-state index is -0.613. The lowest BCUT2D eigenvalue weighted by Gasteiger charge is -2.15. The van der Waals surface area contributed by atoms with Gasteiger partial charge in [0.2, 0.25) is 0 Å². The molecule has 6 heteroatoms. The fraction of sp³-hybridized carbons (Fsp3) is 0.174. The number of pyridine rings is 1. The Balaban J connectivity index is 1.45. The molecule has 1 amide bonds. The summed E-state index contributed by atoms with van der Waals surface area (Å²) in [5, 5.41) is 3.80. The van der Waals surface area contributed by atoms with E-state index in [1.54, 1.807) is 13.1 Å². The zero-order chi connectivity index (χ0) is 20.2. The highest BCUT2D eigenvalue weighted by Crippen LogP contribution is 2.30. The number of thiazole rings is 1. The monoisotopic (exact) mass is 403 g/mol. The van der Waals surface area contributed by atoms with E-state index in [0.717, 1.165) is 27.3 Å². The Morgan fingerprint density at radius 1 is 1.14 bits per heavy atom. The van der Waals surface area contributed by atoms with Crippen LogP contribution in [0.15, 0.2) is 66.9 Å². The van der Waals surface area contributed by atoms with E-state index in [9.17, 15) is 4.79 Å². The summed E-state index contributed by atoms with van der Waals surface area (Å²) in [6, 6.07) is 19.3. The van der Waals surface area contributed by atoms with Crippen molar-refractivity contribution in [2.75, 3.05) is 5.32 Å². The van der Waals surface area contributed by atoms with E-state index in [0.29, 0.717) is 11.4 Å². The highest BCUT2D eigenvalue weighted by molar-refractivity contribution is 7.21. The second-order valence-electron chi connectivity index (χ2n) is 6.67. The summed E-state index contributed by atoms with van der Waals surface area (Å²) < 4.78 is 5.77. The first-order valence-corrected chi connectivity index (χ1v) is 10.3. The quantitative estimate of drug-likeness (QED) is 0.473. The number of carbonyl (C=O) groups excluding carboxylic acids is 1. The molecule has 4 rings (SSSR count). The molecule has 4 aromatic rings.